The maximum absolute atomic E-state index is 4.48. The first kappa shape index (κ1) is 12.1. The van der Waals surface area contributed by atoms with Gasteiger partial charge in [0.2, 0.25) is 0 Å². The molecule has 3 rings (SSSR count). The second-order valence-corrected chi connectivity index (χ2v) is 5.02. The molecule has 100 valence electrons. The Morgan fingerprint density at radius 3 is 3.05 bits per heavy atom. The minimum absolute atomic E-state index is 0.790. The van der Waals surface area contributed by atoms with Gasteiger partial charge in [-0.2, -0.15) is 4.52 Å². The summed E-state index contributed by atoms with van der Waals surface area (Å²) >= 11 is 0. The normalized spacial score (nSPS) is 15.5. The van der Waals surface area contributed by atoms with Crippen molar-refractivity contribution in [3.05, 3.63) is 29.6 Å². The van der Waals surface area contributed by atoms with Gasteiger partial charge in [0.05, 0.1) is 0 Å². The SMILES string of the molecule is Cc1nnc2ccc(NCCC3=CCCCC3)nn12. The highest BCUT2D eigenvalue weighted by Gasteiger charge is 2.05. The second kappa shape index (κ2) is 5.38. The molecule has 1 aliphatic rings. The van der Waals surface area contributed by atoms with Gasteiger partial charge >= 0.3 is 0 Å². The third-order valence-electron chi connectivity index (χ3n) is 3.56. The van der Waals surface area contributed by atoms with Gasteiger partial charge in [0.15, 0.2) is 11.5 Å². The summed E-state index contributed by atoms with van der Waals surface area (Å²) < 4.78 is 1.77. The Morgan fingerprint density at radius 1 is 1.26 bits per heavy atom. The fraction of sp³-hybridized carbons (Fsp3) is 0.500. The quantitative estimate of drug-likeness (QED) is 0.856. The summed E-state index contributed by atoms with van der Waals surface area (Å²) in [5.74, 6) is 1.69. The van der Waals surface area contributed by atoms with E-state index in [0.29, 0.717) is 0 Å². The highest BCUT2D eigenvalue weighted by Crippen LogP contribution is 2.19. The van der Waals surface area contributed by atoms with Crippen molar-refractivity contribution in [3.8, 4) is 0 Å². The van der Waals surface area contributed by atoms with E-state index in [1.165, 1.54) is 25.7 Å². The Kier molecular flexibility index (Phi) is 3.44. The lowest BCUT2D eigenvalue weighted by molar-refractivity contribution is 0.679. The molecule has 0 fully saturated rings. The smallest absolute Gasteiger partial charge is 0.178 e. The van der Waals surface area contributed by atoms with Crippen molar-refractivity contribution in [1.29, 1.82) is 0 Å². The van der Waals surface area contributed by atoms with Gasteiger partial charge in [0.25, 0.3) is 0 Å². The molecular weight excluding hydrogens is 238 g/mol. The minimum atomic E-state index is 0.790. The Balaban J connectivity index is 1.61. The highest BCUT2D eigenvalue weighted by atomic mass is 15.4. The van der Waals surface area contributed by atoms with E-state index in [1.54, 1.807) is 10.1 Å². The van der Waals surface area contributed by atoms with Crippen molar-refractivity contribution in [1.82, 2.24) is 19.8 Å². The topological polar surface area (TPSA) is 55.1 Å². The molecule has 5 nitrogen and oxygen atoms in total. The number of hydrogen-bond acceptors (Lipinski definition) is 4. The van der Waals surface area contributed by atoms with Crippen LogP contribution in [-0.4, -0.2) is 26.4 Å². The van der Waals surface area contributed by atoms with Crippen LogP contribution in [0.15, 0.2) is 23.8 Å². The summed E-state index contributed by atoms with van der Waals surface area (Å²) in [4.78, 5) is 0. The molecule has 0 bridgehead atoms. The number of aromatic nitrogens is 4. The number of allylic oxidation sites excluding steroid dienone is 1. The Labute approximate surface area is 112 Å². The molecule has 0 atom stereocenters. The van der Waals surface area contributed by atoms with Crippen LogP contribution in [0.2, 0.25) is 0 Å². The molecule has 2 aromatic heterocycles. The van der Waals surface area contributed by atoms with E-state index in [9.17, 15) is 0 Å². The summed E-state index contributed by atoms with van der Waals surface area (Å²) in [5, 5.41) is 15.9. The average Bonchev–Trinajstić information content (AvgIpc) is 2.82. The summed E-state index contributed by atoms with van der Waals surface area (Å²) in [6, 6.07) is 3.90. The lowest BCUT2D eigenvalue weighted by Crippen LogP contribution is -2.07. The fourth-order valence-corrected chi connectivity index (χ4v) is 2.47. The van der Waals surface area contributed by atoms with Gasteiger partial charge < -0.3 is 5.32 Å². The number of nitrogens with zero attached hydrogens (tertiary/aromatic N) is 4. The van der Waals surface area contributed by atoms with Crippen molar-refractivity contribution >= 4 is 11.5 Å². The maximum atomic E-state index is 4.48. The molecule has 5 heteroatoms. The van der Waals surface area contributed by atoms with Gasteiger partial charge in [-0.15, -0.1) is 15.3 Å². The van der Waals surface area contributed by atoms with E-state index in [2.05, 4.69) is 26.7 Å². The second-order valence-electron chi connectivity index (χ2n) is 5.02. The molecule has 0 aromatic carbocycles. The van der Waals surface area contributed by atoms with Crippen LogP contribution in [0.3, 0.4) is 0 Å². The molecule has 0 amide bonds. The molecule has 0 spiro atoms. The van der Waals surface area contributed by atoms with Crippen molar-refractivity contribution < 1.29 is 0 Å². The number of fused-ring (bicyclic) bond motifs is 1. The highest BCUT2D eigenvalue weighted by molar-refractivity contribution is 5.43. The van der Waals surface area contributed by atoms with Gasteiger partial charge in [-0.25, -0.2) is 0 Å². The fourth-order valence-electron chi connectivity index (χ4n) is 2.47. The lowest BCUT2D eigenvalue weighted by Gasteiger charge is -2.13. The van der Waals surface area contributed by atoms with E-state index >= 15 is 0 Å². The van der Waals surface area contributed by atoms with Crippen LogP contribution in [-0.2, 0) is 0 Å². The predicted octanol–water partition coefficient (Wildman–Crippen LogP) is 2.74. The van der Waals surface area contributed by atoms with Crippen LogP contribution in [0.4, 0.5) is 5.82 Å². The van der Waals surface area contributed by atoms with Crippen LogP contribution in [0.5, 0.6) is 0 Å². The van der Waals surface area contributed by atoms with E-state index in [0.717, 1.165) is 30.3 Å². The summed E-state index contributed by atoms with van der Waals surface area (Å²) in [5.41, 5.74) is 2.37. The molecule has 0 radical (unpaired) electrons. The zero-order valence-electron chi connectivity index (χ0n) is 11.3. The molecule has 0 aliphatic heterocycles. The van der Waals surface area contributed by atoms with Crippen LogP contribution in [0, 0.1) is 6.92 Å². The standard InChI is InChI=1S/C14H19N5/c1-11-16-17-14-8-7-13(18-19(11)14)15-10-9-12-5-3-2-4-6-12/h5,7-8H,2-4,6,9-10H2,1H3,(H,15,18). The first-order valence-electron chi connectivity index (χ1n) is 6.94. The molecule has 2 aromatic rings. The number of rotatable bonds is 4. The lowest BCUT2D eigenvalue weighted by atomic mass is 9.97. The van der Waals surface area contributed by atoms with Crippen LogP contribution < -0.4 is 5.32 Å². The number of hydrogen-bond donors (Lipinski definition) is 1. The summed E-state index contributed by atoms with van der Waals surface area (Å²) in [6.07, 6.45) is 8.71. The zero-order valence-corrected chi connectivity index (χ0v) is 11.3. The van der Waals surface area contributed by atoms with Crippen molar-refractivity contribution in [3.63, 3.8) is 0 Å². The van der Waals surface area contributed by atoms with Crippen molar-refractivity contribution in [2.24, 2.45) is 0 Å². The van der Waals surface area contributed by atoms with E-state index in [1.807, 2.05) is 19.1 Å². The van der Waals surface area contributed by atoms with E-state index < -0.39 is 0 Å². The number of nitrogens with one attached hydrogen (secondary N) is 1. The molecule has 0 unspecified atom stereocenters. The Morgan fingerprint density at radius 2 is 2.21 bits per heavy atom. The predicted molar refractivity (Wildman–Crippen MR) is 75.2 cm³/mol. The minimum Gasteiger partial charge on any atom is -0.368 e. The van der Waals surface area contributed by atoms with Crippen LogP contribution >= 0.6 is 0 Å². The van der Waals surface area contributed by atoms with Crippen LogP contribution in [0.25, 0.3) is 5.65 Å². The monoisotopic (exact) mass is 257 g/mol. The molecule has 19 heavy (non-hydrogen) atoms. The molecule has 0 saturated heterocycles. The third kappa shape index (κ3) is 2.75. The van der Waals surface area contributed by atoms with Gasteiger partial charge in [0, 0.05) is 6.54 Å². The molecular formula is C14H19N5. The molecule has 1 aliphatic carbocycles. The molecule has 0 saturated carbocycles. The zero-order chi connectivity index (χ0) is 13.1. The van der Waals surface area contributed by atoms with Gasteiger partial charge in [-0.1, -0.05) is 11.6 Å². The molecule has 1 N–H and O–H groups in total. The van der Waals surface area contributed by atoms with Crippen molar-refractivity contribution in [2.45, 2.75) is 39.0 Å². The number of anilines is 1. The maximum Gasteiger partial charge on any atom is 0.178 e. The molecule has 2 heterocycles. The Hall–Kier alpha value is -1.91. The van der Waals surface area contributed by atoms with Crippen molar-refractivity contribution in [2.75, 3.05) is 11.9 Å². The summed E-state index contributed by atoms with van der Waals surface area (Å²) in [6.45, 7) is 2.84. The first-order valence-corrected chi connectivity index (χ1v) is 6.94. The average molecular weight is 257 g/mol. The van der Waals surface area contributed by atoms with Gasteiger partial charge in [-0.3, -0.25) is 0 Å². The van der Waals surface area contributed by atoms with E-state index in [-0.39, 0.29) is 0 Å². The third-order valence-corrected chi connectivity index (χ3v) is 3.56. The largest absolute Gasteiger partial charge is 0.368 e. The Bertz CT molecular complexity index is 599. The summed E-state index contributed by atoms with van der Waals surface area (Å²) in [7, 11) is 0. The van der Waals surface area contributed by atoms with E-state index in [4.69, 9.17) is 0 Å². The first-order chi connectivity index (χ1) is 9.33. The number of aryl methyl sites for hydroxylation is 1. The van der Waals surface area contributed by atoms with Gasteiger partial charge in [0.1, 0.15) is 5.82 Å². The van der Waals surface area contributed by atoms with Crippen LogP contribution in [0.1, 0.15) is 37.9 Å². The van der Waals surface area contributed by atoms with Gasteiger partial charge in [-0.05, 0) is 51.2 Å².